The predicted molar refractivity (Wildman–Crippen MR) is 129 cm³/mol. The van der Waals surface area contributed by atoms with E-state index in [0.29, 0.717) is 13.0 Å². The van der Waals surface area contributed by atoms with E-state index in [4.69, 9.17) is 14.6 Å². The topological polar surface area (TPSA) is 72.8 Å². The van der Waals surface area contributed by atoms with Crippen LogP contribution in [0.15, 0.2) is 30.3 Å². The van der Waals surface area contributed by atoms with Crippen molar-refractivity contribution >= 4 is 11.9 Å². The van der Waals surface area contributed by atoms with E-state index in [1.165, 1.54) is 38.2 Å². The summed E-state index contributed by atoms with van der Waals surface area (Å²) >= 11 is 0. The van der Waals surface area contributed by atoms with Gasteiger partial charge < -0.3 is 14.6 Å². The average Bonchev–Trinajstić information content (AvgIpc) is 2.77. The summed E-state index contributed by atoms with van der Waals surface area (Å²) in [7, 11) is 0. The molecule has 0 saturated heterocycles. The molecule has 0 radical (unpaired) electrons. The van der Waals surface area contributed by atoms with Crippen LogP contribution in [0.5, 0.6) is 0 Å². The molecule has 0 heterocycles. The Balaban J connectivity index is 2.27. The van der Waals surface area contributed by atoms with E-state index in [0.717, 1.165) is 57.8 Å². The number of aliphatic carboxylic acids is 1. The van der Waals surface area contributed by atoms with Gasteiger partial charge in [-0.15, -0.1) is 0 Å². The molecule has 2 unspecified atom stereocenters. The zero-order valence-electron chi connectivity index (χ0n) is 20.2. The van der Waals surface area contributed by atoms with Crippen molar-refractivity contribution in [3.05, 3.63) is 35.9 Å². The van der Waals surface area contributed by atoms with Gasteiger partial charge >= 0.3 is 11.9 Å². The van der Waals surface area contributed by atoms with E-state index in [9.17, 15) is 9.59 Å². The van der Waals surface area contributed by atoms with E-state index in [1.807, 2.05) is 18.2 Å². The zero-order chi connectivity index (χ0) is 23.4. The molecule has 1 aromatic carbocycles. The van der Waals surface area contributed by atoms with E-state index in [1.54, 1.807) is 0 Å². The van der Waals surface area contributed by atoms with E-state index < -0.39 is 5.97 Å². The Morgan fingerprint density at radius 3 is 1.91 bits per heavy atom. The van der Waals surface area contributed by atoms with Gasteiger partial charge in [0.25, 0.3) is 0 Å². The first-order chi connectivity index (χ1) is 15.5. The number of carbonyl (C=O) groups excluding carboxylic acids is 1. The largest absolute Gasteiger partial charge is 0.481 e. The first kappa shape index (κ1) is 28.2. The lowest BCUT2D eigenvalue weighted by molar-refractivity contribution is -0.146. The second-order valence-corrected chi connectivity index (χ2v) is 8.75. The summed E-state index contributed by atoms with van der Waals surface area (Å²) in [6.45, 7) is 4.19. The van der Waals surface area contributed by atoms with Gasteiger partial charge in [0, 0.05) is 13.3 Å². The van der Waals surface area contributed by atoms with Crippen molar-refractivity contribution < 1.29 is 24.2 Å². The number of hydrogen-bond donors (Lipinski definition) is 1. The Kier molecular flexibility index (Phi) is 16.4. The third-order valence-electron chi connectivity index (χ3n) is 5.84. The molecule has 0 aliphatic heterocycles. The number of ether oxygens (including phenoxy) is 2. The molecule has 0 amide bonds. The maximum absolute atomic E-state index is 11.2. The molecule has 32 heavy (non-hydrogen) atoms. The number of rotatable bonds is 20. The molecule has 5 nitrogen and oxygen atoms in total. The Morgan fingerprint density at radius 2 is 1.34 bits per heavy atom. The Hall–Kier alpha value is -1.88. The maximum atomic E-state index is 11.2. The summed E-state index contributed by atoms with van der Waals surface area (Å²) in [5.74, 6) is -0.883. The molecule has 0 spiro atoms. The molecule has 0 aliphatic carbocycles. The van der Waals surface area contributed by atoms with Crippen LogP contribution in [0, 0.1) is 0 Å². The number of carboxylic acid groups (broad SMARTS) is 1. The number of esters is 1. The highest BCUT2D eigenvalue weighted by Crippen LogP contribution is 2.19. The summed E-state index contributed by atoms with van der Waals surface area (Å²) in [4.78, 5) is 21.7. The molecule has 182 valence electrons. The average molecular weight is 449 g/mol. The Labute approximate surface area is 194 Å². The second-order valence-electron chi connectivity index (χ2n) is 8.75. The summed E-state index contributed by atoms with van der Waals surface area (Å²) < 4.78 is 11.6. The summed E-state index contributed by atoms with van der Waals surface area (Å²) in [6, 6.07) is 10.3. The van der Waals surface area contributed by atoms with E-state index >= 15 is 0 Å². The standard InChI is InChI=1S/C27H44O5/c1-3-25(32-23(2)28)18-14-15-20-26(31-22-24-16-10-9-11-17-24)19-12-7-5-4-6-8-13-21-27(29)30/h9-11,16-17,25-26H,3-8,12-15,18-22H2,1-2H3,(H,29,30). The van der Waals surface area contributed by atoms with E-state index in [2.05, 4.69) is 19.1 Å². The SMILES string of the molecule is CCC(CCCCC(CCCCCCCCCC(=O)O)OCc1ccccc1)OC(C)=O. The van der Waals surface area contributed by atoms with Gasteiger partial charge in [-0.2, -0.15) is 0 Å². The quantitative estimate of drug-likeness (QED) is 0.171. The van der Waals surface area contributed by atoms with Crippen molar-refractivity contribution in [2.75, 3.05) is 0 Å². The van der Waals surface area contributed by atoms with Crippen LogP contribution in [0.2, 0.25) is 0 Å². The molecule has 0 aromatic heterocycles. The van der Waals surface area contributed by atoms with Crippen LogP contribution < -0.4 is 0 Å². The highest BCUT2D eigenvalue weighted by molar-refractivity contribution is 5.66. The maximum Gasteiger partial charge on any atom is 0.303 e. The van der Waals surface area contributed by atoms with Crippen LogP contribution in [-0.4, -0.2) is 29.3 Å². The lowest BCUT2D eigenvalue weighted by Gasteiger charge is -2.19. The molecule has 1 aromatic rings. The number of carboxylic acids is 1. The lowest BCUT2D eigenvalue weighted by Crippen LogP contribution is -2.16. The third kappa shape index (κ3) is 15.9. The highest BCUT2D eigenvalue weighted by Gasteiger charge is 2.12. The van der Waals surface area contributed by atoms with Crippen LogP contribution in [-0.2, 0) is 25.7 Å². The molecule has 0 bridgehead atoms. The zero-order valence-corrected chi connectivity index (χ0v) is 20.2. The van der Waals surface area contributed by atoms with Crippen molar-refractivity contribution in [3.8, 4) is 0 Å². The number of hydrogen-bond acceptors (Lipinski definition) is 4. The van der Waals surface area contributed by atoms with Crippen LogP contribution in [0.3, 0.4) is 0 Å². The molecular weight excluding hydrogens is 404 g/mol. The van der Waals surface area contributed by atoms with E-state index in [-0.39, 0.29) is 18.2 Å². The smallest absolute Gasteiger partial charge is 0.303 e. The fourth-order valence-corrected chi connectivity index (χ4v) is 3.96. The van der Waals surface area contributed by atoms with Crippen molar-refractivity contribution in [3.63, 3.8) is 0 Å². The van der Waals surface area contributed by atoms with Gasteiger partial charge in [0.1, 0.15) is 6.10 Å². The van der Waals surface area contributed by atoms with Crippen molar-refractivity contribution in [1.29, 1.82) is 0 Å². The van der Waals surface area contributed by atoms with Gasteiger partial charge in [0.05, 0.1) is 12.7 Å². The van der Waals surface area contributed by atoms with Gasteiger partial charge in [-0.1, -0.05) is 82.2 Å². The fraction of sp³-hybridized carbons (Fsp3) is 0.704. The van der Waals surface area contributed by atoms with Gasteiger partial charge in [0.2, 0.25) is 0 Å². The normalized spacial score (nSPS) is 12.9. The molecule has 1 rings (SSSR count). The van der Waals surface area contributed by atoms with Gasteiger partial charge in [-0.25, -0.2) is 0 Å². The Bertz CT molecular complexity index is 601. The Morgan fingerprint density at radius 1 is 0.812 bits per heavy atom. The number of carbonyl (C=O) groups is 2. The minimum absolute atomic E-state index is 0.0340. The molecule has 5 heteroatoms. The monoisotopic (exact) mass is 448 g/mol. The van der Waals surface area contributed by atoms with Crippen molar-refractivity contribution in [2.45, 2.75) is 123 Å². The van der Waals surface area contributed by atoms with Gasteiger partial charge in [-0.05, 0) is 44.1 Å². The number of unbranched alkanes of at least 4 members (excludes halogenated alkanes) is 7. The summed E-state index contributed by atoms with van der Waals surface area (Å²) in [5, 5.41) is 8.67. The minimum Gasteiger partial charge on any atom is -0.481 e. The molecule has 0 aliphatic rings. The summed E-state index contributed by atoms with van der Waals surface area (Å²) in [5.41, 5.74) is 1.21. The fourth-order valence-electron chi connectivity index (χ4n) is 3.96. The highest BCUT2D eigenvalue weighted by atomic mass is 16.5. The van der Waals surface area contributed by atoms with Crippen LogP contribution in [0.1, 0.15) is 109 Å². The first-order valence-electron chi connectivity index (χ1n) is 12.6. The minimum atomic E-state index is -0.692. The first-order valence-corrected chi connectivity index (χ1v) is 12.6. The molecule has 2 atom stereocenters. The van der Waals surface area contributed by atoms with Crippen LogP contribution in [0.25, 0.3) is 0 Å². The molecular formula is C27H44O5. The summed E-state index contributed by atoms with van der Waals surface area (Å²) in [6.07, 6.45) is 14.3. The predicted octanol–water partition coefficient (Wildman–Crippen LogP) is 7.07. The van der Waals surface area contributed by atoms with Crippen LogP contribution >= 0.6 is 0 Å². The van der Waals surface area contributed by atoms with Crippen molar-refractivity contribution in [1.82, 2.24) is 0 Å². The molecule has 0 fully saturated rings. The molecule has 0 saturated carbocycles. The van der Waals surface area contributed by atoms with Crippen LogP contribution in [0.4, 0.5) is 0 Å². The van der Waals surface area contributed by atoms with Gasteiger partial charge in [0.15, 0.2) is 0 Å². The second kappa shape index (κ2) is 18.7. The molecule has 1 N–H and O–H groups in total. The third-order valence-corrected chi connectivity index (χ3v) is 5.84. The van der Waals surface area contributed by atoms with Gasteiger partial charge in [-0.3, -0.25) is 9.59 Å². The number of benzene rings is 1. The lowest BCUT2D eigenvalue weighted by atomic mass is 10.0. The van der Waals surface area contributed by atoms with Crippen molar-refractivity contribution in [2.24, 2.45) is 0 Å².